The second kappa shape index (κ2) is 11.0. The number of epoxide rings is 3. The van der Waals surface area contributed by atoms with E-state index in [0.717, 1.165) is 42.1 Å². The average molecular weight is 665 g/mol. The molecule has 248 valence electrons. The van der Waals surface area contributed by atoms with E-state index in [1.165, 1.54) is 18.6 Å². The Balaban J connectivity index is 0.857. The first-order valence-electron chi connectivity index (χ1n) is 16.9. The van der Waals surface area contributed by atoms with Crippen molar-refractivity contribution in [2.45, 2.75) is 131 Å². The monoisotopic (exact) mass is 664 g/mol. The zero-order valence-electron chi connectivity index (χ0n) is 26.3. The summed E-state index contributed by atoms with van der Waals surface area (Å²) in [4.78, 5) is 37.7. The van der Waals surface area contributed by atoms with Gasteiger partial charge in [-0.1, -0.05) is 48.8 Å². The van der Waals surface area contributed by atoms with Crippen molar-refractivity contribution in [3.05, 3.63) is 11.1 Å². The summed E-state index contributed by atoms with van der Waals surface area (Å²) >= 11 is 0. The highest BCUT2D eigenvalue weighted by Gasteiger charge is 3.01. The molecule has 0 N–H and O–H groups in total. The summed E-state index contributed by atoms with van der Waals surface area (Å²) in [5, 5.41) is 0.736. The first kappa shape index (κ1) is 30.8. The summed E-state index contributed by atoms with van der Waals surface area (Å²) in [7, 11) is 3.92. The molecule has 8 aliphatic rings. The van der Waals surface area contributed by atoms with Crippen molar-refractivity contribution in [1.29, 1.82) is 0 Å². The summed E-state index contributed by atoms with van der Waals surface area (Å²) in [6, 6.07) is 0. The highest BCUT2D eigenvalue weighted by Crippen LogP contribution is 2.83. The van der Waals surface area contributed by atoms with Crippen LogP contribution in [-0.4, -0.2) is 90.1 Å². The fourth-order valence-electron chi connectivity index (χ4n) is 9.80. The Labute approximate surface area is 272 Å². The largest absolute Gasteiger partial charge is 0.508 e. The highest BCUT2D eigenvalue weighted by molar-refractivity contribution is 8.77. The predicted molar refractivity (Wildman–Crippen MR) is 164 cm³/mol. The third kappa shape index (κ3) is 4.43. The number of unbranched alkanes of at least 4 members (excludes halogenated alkanes) is 2. The second-order valence-corrected chi connectivity index (χ2v) is 17.4. The molecule has 3 aliphatic carbocycles. The first-order valence-corrected chi connectivity index (χ1v) is 19.3. The van der Waals surface area contributed by atoms with E-state index in [0.29, 0.717) is 38.9 Å². The molecule has 10 nitrogen and oxygen atoms in total. The minimum absolute atomic E-state index is 0.0732. The number of cyclic esters (lactones) is 1. The number of carbonyl (C=O) groups excluding carboxylic acids is 3. The molecule has 2 spiro atoms. The molecule has 5 heterocycles. The van der Waals surface area contributed by atoms with Crippen LogP contribution < -0.4 is 0 Å². The summed E-state index contributed by atoms with van der Waals surface area (Å²) in [6.45, 7) is 7.27. The van der Waals surface area contributed by atoms with E-state index in [1.807, 2.05) is 21.6 Å². The van der Waals surface area contributed by atoms with Gasteiger partial charge in [0.15, 0.2) is 11.7 Å². The fraction of sp³-hybridized carbons (Fsp3) is 0.848. The summed E-state index contributed by atoms with van der Waals surface area (Å²) < 4.78 is 42.4. The lowest BCUT2D eigenvalue weighted by Gasteiger charge is -2.53. The molecular weight excluding hydrogens is 620 g/mol. The maximum absolute atomic E-state index is 13.2. The number of esters is 2. The van der Waals surface area contributed by atoms with Crippen molar-refractivity contribution in [1.82, 2.24) is 0 Å². The van der Waals surface area contributed by atoms with Crippen LogP contribution >= 0.6 is 21.6 Å². The van der Waals surface area contributed by atoms with Gasteiger partial charge in [0.2, 0.25) is 0 Å². The van der Waals surface area contributed by atoms with Crippen molar-refractivity contribution < 1.29 is 47.5 Å². The number of rotatable bonds is 12. The summed E-state index contributed by atoms with van der Waals surface area (Å²) in [5.41, 5.74) is -0.516. The summed E-state index contributed by atoms with van der Waals surface area (Å²) in [5.74, 6) is 1.07. The van der Waals surface area contributed by atoms with E-state index in [2.05, 4.69) is 20.8 Å². The van der Waals surface area contributed by atoms with Crippen molar-refractivity contribution in [2.75, 3.05) is 25.6 Å². The fourth-order valence-corrected chi connectivity index (χ4v) is 12.8. The van der Waals surface area contributed by atoms with Gasteiger partial charge in [-0.3, -0.25) is 4.79 Å². The second-order valence-electron chi connectivity index (χ2n) is 14.6. The molecule has 8 rings (SSSR count). The van der Waals surface area contributed by atoms with E-state index < -0.39 is 29.1 Å². The minimum Gasteiger partial charge on any atom is -0.466 e. The standard InChI is InChI=1S/C33H44O10S2/c1-18(2)31-25(42-31)26-33(43-26)30(3)12-10-20-21(17-39-27(20)35)22(30)16-23-32(33,41-23)28(31)40-29(36)38-14-7-6-13-37-24(34)9-5-4-8-19-11-15-44-45-19/h18-19,22-23,25-26,28H,4-17H2,1-3H3/t19?,22-,23-,25-,26-,28+,30-,31-,32+,33+/m0/s1. The maximum atomic E-state index is 13.2. The van der Waals surface area contributed by atoms with Crippen LogP contribution in [0, 0.1) is 17.3 Å². The third-order valence-electron chi connectivity index (χ3n) is 12.2. The van der Waals surface area contributed by atoms with Crippen molar-refractivity contribution in [3.63, 3.8) is 0 Å². The average Bonchev–Trinajstić information content (AvgIpc) is 3.95. The molecule has 6 fully saturated rings. The maximum Gasteiger partial charge on any atom is 0.508 e. The van der Waals surface area contributed by atoms with Gasteiger partial charge in [-0.25, -0.2) is 9.59 Å². The van der Waals surface area contributed by atoms with E-state index in [-0.39, 0.29) is 54.1 Å². The molecule has 5 aliphatic heterocycles. The van der Waals surface area contributed by atoms with Crippen LogP contribution in [0.2, 0.25) is 0 Å². The van der Waals surface area contributed by atoms with Gasteiger partial charge in [-0.2, -0.15) is 0 Å². The molecule has 0 aromatic heterocycles. The Morgan fingerprint density at radius 1 is 1.04 bits per heavy atom. The zero-order valence-corrected chi connectivity index (χ0v) is 28.0. The van der Waals surface area contributed by atoms with Gasteiger partial charge >= 0.3 is 18.1 Å². The number of fused-ring (bicyclic) bond motifs is 4. The lowest BCUT2D eigenvalue weighted by atomic mass is 9.46. The molecule has 0 amide bonds. The van der Waals surface area contributed by atoms with Crippen LogP contribution in [0.4, 0.5) is 4.79 Å². The van der Waals surface area contributed by atoms with Crippen LogP contribution in [0.25, 0.3) is 0 Å². The molecule has 2 saturated carbocycles. The minimum atomic E-state index is -0.802. The molecule has 1 unspecified atom stereocenters. The van der Waals surface area contributed by atoms with Gasteiger partial charge in [0, 0.05) is 28.4 Å². The van der Waals surface area contributed by atoms with Crippen molar-refractivity contribution in [2.24, 2.45) is 17.3 Å². The van der Waals surface area contributed by atoms with Gasteiger partial charge < -0.3 is 33.2 Å². The van der Waals surface area contributed by atoms with Crippen LogP contribution in [0.5, 0.6) is 0 Å². The predicted octanol–water partition coefficient (Wildman–Crippen LogP) is 5.30. The van der Waals surface area contributed by atoms with E-state index in [4.69, 9.17) is 33.2 Å². The smallest absolute Gasteiger partial charge is 0.466 e. The molecule has 0 aromatic carbocycles. The molecule has 12 heteroatoms. The lowest BCUT2D eigenvalue weighted by molar-refractivity contribution is -0.144. The Hall–Kier alpha value is -1.47. The Morgan fingerprint density at radius 3 is 2.64 bits per heavy atom. The van der Waals surface area contributed by atoms with Crippen molar-refractivity contribution >= 4 is 39.7 Å². The number of hydrogen-bond donors (Lipinski definition) is 0. The van der Waals surface area contributed by atoms with Crippen LogP contribution in [0.1, 0.15) is 85.0 Å². The molecular formula is C33H44O10S2. The van der Waals surface area contributed by atoms with E-state index in [9.17, 15) is 14.4 Å². The van der Waals surface area contributed by atoms with Gasteiger partial charge in [-0.05, 0) is 68.8 Å². The van der Waals surface area contributed by atoms with Crippen LogP contribution in [0.15, 0.2) is 11.1 Å². The van der Waals surface area contributed by atoms with Crippen LogP contribution in [0.3, 0.4) is 0 Å². The molecule has 10 atom stereocenters. The SMILES string of the molecule is CC(C)[C@]12O[C@H]1[C@@H]1O[C@]13[C@]1(O[C@H]1C[C@H]1C4=C(CC[C@@]13C)C(=O)OC4)[C@@H]2OC(=O)OCCCCOC(=O)CCCCC1CCSS1. The lowest BCUT2D eigenvalue weighted by Crippen LogP contribution is -2.70. The van der Waals surface area contributed by atoms with Gasteiger partial charge in [0.05, 0.1) is 19.3 Å². The first-order chi connectivity index (χ1) is 21.7. The third-order valence-corrected chi connectivity index (χ3v) is 15.2. The van der Waals surface area contributed by atoms with Gasteiger partial charge in [0.25, 0.3) is 0 Å². The summed E-state index contributed by atoms with van der Waals surface area (Å²) in [6.07, 6.45) is 6.27. The zero-order chi connectivity index (χ0) is 31.2. The number of hydrogen-bond acceptors (Lipinski definition) is 12. The van der Waals surface area contributed by atoms with E-state index in [1.54, 1.807) is 0 Å². The van der Waals surface area contributed by atoms with Gasteiger partial charge in [-0.15, -0.1) is 0 Å². The Morgan fingerprint density at radius 2 is 1.87 bits per heavy atom. The van der Waals surface area contributed by atoms with Crippen LogP contribution in [-0.2, 0) is 42.7 Å². The Kier molecular flexibility index (Phi) is 7.56. The molecule has 0 aromatic rings. The topological polar surface area (TPSA) is 126 Å². The van der Waals surface area contributed by atoms with E-state index >= 15 is 0 Å². The molecule has 45 heavy (non-hydrogen) atoms. The van der Waals surface area contributed by atoms with Gasteiger partial charge in [0.1, 0.15) is 30.0 Å². The molecule has 0 bridgehead atoms. The van der Waals surface area contributed by atoms with Crippen molar-refractivity contribution in [3.8, 4) is 0 Å². The quantitative estimate of drug-likeness (QED) is 0.0884. The normalized spacial score (nSPS) is 44.5. The Bertz CT molecular complexity index is 1300. The molecule has 4 saturated heterocycles. The number of ether oxygens (including phenoxy) is 7. The molecule has 0 radical (unpaired) electrons. The number of carbonyl (C=O) groups is 3. The highest BCUT2D eigenvalue weighted by atomic mass is 33.1.